The van der Waals surface area contributed by atoms with Gasteiger partial charge in [0.05, 0.1) is 5.52 Å². The summed E-state index contributed by atoms with van der Waals surface area (Å²) in [4.78, 5) is 13.2. The highest BCUT2D eigenvalue weighted by atomic mass is 16.2. The van der Waals surface area contributed by atoms with Gasteiger partial charge in [-0.05, 0) is 24.3 Å². The molecule has 26 heavy (non-hydrogen) atoms. The zero-order chi connectivity index (χ0) is 17.5. The Hall–Kier alpha value is -3.73. The van der Waals surface area contributed by atoms with E-state index in [2.05, 4.69) is 10.3 Å². The summed E-state index contributed by atoms with van der Waals surface area (Å²) < 4.78 is 3.39. The van der Waals surface area contributed by atoms with Crippen molar-refractivity contribution >= 4 is 27.7 Å². The molecule has 0 saturated carbocycles. The third kappa shape index (κ3) is 2.14. The SMILES string of the molecule is O=C(c1ccccc1)n1cc2ccccc2c1-n1nnc2ccccc21. The second-order valence-electron chi connectivity index (χ2n) is 6.07. The number of benzene rings is 3. The molecule has 0 spiro atoms. The average molecular weight is 338 g/mol. The van der Waals surface area contributed by atoms with Crippen LogP contribution in [0.1, 0.15) is 10.4 Å². The summed E-state index contributed by atoms with van der Waals surface area (Å²) in [7, 11) is 0. The first-order chi connectivity index (χ1) is 12.8. The number of nitrogens with zero attached hydrogens (tertiary/aromatic N) is 4. The minimum Gasteiger partial charge on any atom is -0.268 e. The summed E-state index contributed by atoms with van der Waals surface area (Å²) in [6, 6.07) is 24.9. The number of fused-ring (bicyclic) bond motifs is 2. The van der Waals surface area contributed by atoms with Crippen molar-refractivity contribution in [2.24, 2.45) is 0 Å². The van der Waals surface area contributed by atoms with Crippen molar-refractivity contribution in [3.8, 4) is 5.82 Å². The van der Waals surface area contributed by atoms with Gasteiger partial charge in [-0.25, -0.2) is 0 Å². The van der Waals surface area contributed by atoms with E-state index in [1.165, 1.54) is 0 Å². The first-order valence-electron chi connectivity index (χ1n) is 8.33. The minimum atomic E-state index is -0.101. The highest BCUT2D eigenvalue weighted by Crippen LogP contribution is 2.27. The maximum absolute atomic E-state index is 13.2. The second kappa shape index (κ2) is 5.67. The Labute approximate surface area is 149 Å². The van der Waals surface area contributed by atoms with E-state index < -0.39 is 0 Å². The van der Waals surface area contributed by atoms with E-state index in [0.717, 1.165) is 21.8 Å². The van der Waals surface area contributed by atoms with Crippen molar-refractivity contribution < 1.29 is 4.79 Å². The molecule has 5 nitrogen and oxygen atoms in total. The second-order valence-corrected chi connectivity index (χ2v) is 6.07. The van der Waals surface area contributed by atoms with Gasteiger partial charge in [0.1, 0.15) is 5.52 Å². The highest BCUT2D eigenvalue weighted by molar-refractivity contribution is 6.03. The molecule has 2 heterocycles. The van der Waals surface area contributed by atoms with Crippen molar-refractivity contribution in [3.63, 3.8) is 0 Å². The molecule has 0 aliphatic carbocycles. The monoisotopic (exact) mass is 338 g/mol. The Bertz CT molecular complexity index is 1250. The van der Waals surface area contributed by atoms with Gasteiger partial charge in [0, 0.05) is 22.5 Å². The van der Waals surface area contributed by atoms with Crippen LogP contribution in [0.2, 0.25) is 0 Å². The van der Waals surface area contributed by atoms with Crippen LogP contribution in [-0.4, -0.2) is 25.5 Å². The van der Waals surface area contributed by atoms with Gasteiger partial charge in [0.2, 0.25) is 0 Å². The van der Waals surface area contributed by atoms with E-state index in [1.54, 1.807) is 9.25 Å². The molecule has 2 aromatic heterocycles. The van der Waals surface area contributed by atoms with E-state index in [9.17, 15) is 4.79 Å². The molecule has 3 aromatic carbocycles. The van der Waals surface area contributed by atoms with Crippen molar-refractivity contribution in [2.75, 3.05) is 0 Å². The van der Waals surface area contributed by atoms with Crippen LogP contribution < -0.4 is 0 Å². The molecule has 0 unspecified atom stereocenters. The minimum absolute atomic E-state index is 0.101. The number of aromatic nitrogens is 4. The van der Waals surface area contributed by atoms with Crippen LogP contribution in [0.15, 0.2) is 85.1 Å². The van der Waals surface area contributed by atoms with Gasteiger partial charge < -0.3 is 0 Å². The number of carbonyl (C=O) groups excluding carboxylic acids is 1. The summed E-state index contributed by atoms with van der Waals surface area (Å²) in [6.07, 6.45) is 1.86. The lowest BCUT2D eigenvalue weighted by Crippen LogP contribution is -2.15. The Kier molecular flexibility index (Phi) is 3.18. The van der Waals surface area contributed by atoms with Crippen LogP contribution in [0, 0.1) is 0 Å². The predicted molar refractivity (Wildman–Crippen MR) is 101 cm³/mol. The topological polar surface area (TPSA) is 52.7 Å². The predicted octanol–water partition coefficient (Wildman–Crippen LogP) is 4.06. The maximum Gasteiger partial charge on any atom is 0.263 e. The van der Waals surface area contributed by atoms with Gasteiger partial charge in [0.15, 0.2) is 5.82 Å². The number of carbonyl (C=O) groups is 1. The Morgan fingerprint density at radius 2 is 1.54 bits per heavy atom. The maximum atomic E-state index is 13.2. The summed E-state index contributed by atoms with van der Waals surface area (Å²) in [5, 5.41) is 10.5. The van der Waals surface area contributed by atoms with Gasteiger partial charge >= 0.3 is 0 Å². The summed E-state index contributed by atoms with van der Waals surface area (Å²) >= 11 is 0. The lowest BCUT2D eigenvalue weighted by molar-refractivity contribution is 0.0960. The van der Waals surface area contributed by atoms with Crippen molar-refractivity contribution in [1.29, 1.82) is 0 Å². The van der Waals surface area contributed by atoms with Crippen LogP contribution in [0.4, 0.5) is 0 Å². The molecule has 0 amide bonds. The number of hydrogen-bond donors (Lipinski definition) is 0. The van der Waals surface area contributed by atoms with Gasteiger partial charge in [-0.15, -0.1) is 5.10 Å². The standard InChI is InChI=1S/C21H14N4O/c26-21(15-8-2-1-3-9-15)24-14-16-10-4-5-11-17(16)20(24)25-19-13-7-6-12-18(19)22-23-25/h1-14H. The van der Waals surface area contributed by atoms with Crippen molar-refractivity contribution in [3.05, 3.63) is 90.6 Å². The van der Waals surface area contributed by atoms with Crippen molar-refractivity contribution in [2.45, 2.75) is 0 Å². The smallest absolute Gasteiger partial charge is 0.263 e. The Morgan fingerprint density at radius 1 is 0.808 bits per heavy atom. The molecule has 0 bridgehead atoms. The fraction of sp³-hybridized carbons (Fsp3) is 0. The van der Waals surface area contributed by atoms with Crippen LogP contribution in [0.3, 0.4) is 0 Å². The summed E-state index contributed by atoms with van der Waals surface area (Å²) in [5.41, 5.74) is 2.27. The molecule has 0 fully saturated rings. The summed E-state index contributed by atoms with van der Waals surface area (Å²) in [6.45, 7) is 0. The molecular weight excluding hydrogens is 324 g/mol. The van der Waals surface area contributed by atoms with E-state index in [1.807, 2.05) is 85.1 Å². The molecule has 124 valence electrons. The normalized spacial score (nSPS) is 11.2. The molecule has 5 aromatic rings. The van der Waals surface area contributed by atoms with Crippen LogP contribution in [-0.2, 0) is 0 Å². The number of para-hydroxylation sites is 1. The number of hydrogen-bond acceptors (Lipinski definition) is 3. The van der Waals surface area contributed by atoms with Gasteiger partial charge in [-0.3, -0.25) is 9.36 Å². The highest BCUT2D eigenvalue weighted by Gasteiger charge is 2.20. The van der Waals surface area contributed by atoms with Crippen LogP contribution in [0.5, 0.6) is 0 Å². The Morgan fingerprint density at radius 3 is 2.42 bits per heavy atom. The third-order valence-electron chi connectivity index (χ3n) is 4.49. The molecule has 0 radical (unpaired) electrons. The quantitative estimate of drug-likeness (QED) is 0.488. The van der Waals surface area contributed by atoms with Crippen LogP contribution >= 0.6 is 0 Å². The molecule has 0 aliphatic rings. The van der Waals surface area contributed by atoms with Gasteiger partial charge in [-0.1, -0.05) is 59.8 Å². The number of rotatable bonds is 2. The molecule has 5 rings (SSSR count). The van der Waals surface area contributed by atoms with Crippen LogP contribution in [0.25, 0.3) is 27.6 Å². The van der Waals surface area contributed by atoms with E-state index in [4.69, 9.17) is 0 Å². The van der Waals surface area contributed by atoms with E-state index >= 15 is 0 Å². The summed E-state index contributed by atoms with van der Waals surface area (Å²) in [5.74, 6) is 0.597. The largest absolute Gasteiger partial charge is 0.268 e. The molecule has 0 atom stereocenters. The zero-order valence-electron chi connectivity index (χ0n) is 13.8. The zero-order valence-corrected chi connectivity index (χ0v) is 13.8. The molecule has 5 heteroatoms. The van der Waals surface area contributed by atoms with Gasteiger partial charge in [-0.2, -0.15) is 4.68 Å². The first kappa shape index (κ1) is 14.6. The van der Waals surface area contributed by atoms with E-state index in [-0.39, 0.29) is 5.91 Å². The molecular formula is C21H14N4O. The molecule has 0 aliphatic heterocycles. The first-order valence-corrected chi connectivity index (χ1v) is 8.33. The average Bonchev–Trinajstić information content (AvgIpc) is 3.29. The lowest BCUT2D eigenvalue weighted by Gasteiger charge is -2.09. The fourth-order valence-electron chi connectivity index (χ4n) is 3.26. The fourth-order valence-corrected chi connectivity index (χ4v) is 3.26. The third-order valence-corrected chi connectivity index (χ3v) is 4.49. The molecule has 0 N–H and O–H groups in total. The Balaban J connectivity index is 1.82. The van der Waals surface area contributed by atoms with Crippen molar-refractivity contribution in [1.82, 2.24) is 19.6 Å². The lowest BCUT2D eigenvalue weighted by atomic mass is 10.2. The van der Waals surface area contributed by atoms with Gasteiger partial charge in [0.25, 0.3) is 5.91 Å². The van der Waals surface area contributed by atoms with E-state index in [0.29, 0.717) is 11.4 Å². The molecule has 0 saturated heterocycles.